The molecule has 2 aromatic heterocycles. The zero-order valence-corrected chi connectivity index (χ0v) is 32.1. The molecule has 276 valence electrons. The molecule has 9 aromatic carbocycles. The van der Waals surface area contributed by atoms with Crippen LogP contribution in [0.15, 0.2) is 223 Å². The average molecular weight is 753 g/mol. The smallest absolute Gasteiger partial charge is 0.160 e. The van der Waals surface area contributed by atoms with Crippen molar-refractivity contribution in [2.75, 3.05) is 0 Å². The van der Waals surface area contributed by atoms with Gasteiger partial charge in [-0.1, -0.05) is 182 Å². The Labute approximate surface area is 342 Å². The summed E-state index contributed by atoms with van der Waals surface area (Å²) >= 11 is 0. The molecule has 0 saturated heterocycles. The highest BCUT2D eigenvalue weighted by atomic mass is 16.3. The first-order chi connectivity index (χ1) is 29.2. The molecular formula is C56H36N2O. The van der Waals surface area contributed by atoms with Gasteiger partial charge in [-0.05, 0) is 86.1 Å². The molecule has 3 nitrogen and oxygen atoms in total. The first-order valence-corrected chi connectivity index (χ1v) is 20.0. The minimum absolute atomic E-state index is 0.665. The van der Waals surface area contributed by atoms with Gasteiger partial charge >= 0.3 is 0 Å². The van der Waals surface area contributed by atoms with Crippen molar-refractivity contribution in [3.8, 4) is 78.4 Å². The highest BCUT2D eigenvalue weighted by Gasteiger charge is 2.19. The third-order valence-corrected chi connectivity index (χ3v) is 11.3. The maximum atomic E-state index is 6.63. The standard InChI is InChI=1S/C56H36N2O/c1-4-16-37(17-5-1)41-30-31-47(38-18-6-2-7-19-38)51(35-41)53-36-52(57-56(58-53)40-21-8-3-9-22-40)44-33-42(46-26-14-23-39-20-10-11-24-45(39)46)32-43(34-44)48-27-15-28-50-49-25-12-13-29-54(49)59-55(48)50/h1-36H. The Morgan fingerprint density at radius 3 is 1.66 bits per heavy atom. The summed E-state index contributed by atoms with van der Waals surface area (Å²) < 4.78 is 6.63. The second-order valence-electron chi connectivity index (χ2n) is 14.9. The SMILES string of the molecule is c1ccc(-c2ccc(-c3ccccc3)c(-c3cc(-c4cc(-c5cccc6ccccc56)cc(-c5cccc6c5oc5ccccc56)c4)nc(-c4ccccc4)n3)c2)cc1. The van der Waals surface area contributed by atoms with Crippen LogP contribution in [0.5, 0.6) is 0 Å². The van der Waals surface area contributed by atoms with Crippen molar-refractivity contribution < 1.29 is 4.42 Å². The Bertz CT molecular complexity index is 3310. The van der Waals surface area contributed by atoms with E-state index in [2.05, 4.69) is 188 Å². The minimum atomic E-state index is 0.665. The molecule has 0 N–H and O–H groups in total. The van der Waals surface area contributed by atoms with Gasteiger partial charge in [0.05, 0.1) is 11.4 Å². The summed E-state index contributed by atoms with van der Waals surface area (Å²) in [5.74, 6) is 0.665. The Hall–Kier alpha value is -7.88. The maximum Gasteiger partial charge on any atom is 0.160 e. The number of para-hydroxylation sites is 2. The van der Waals surface area contributed by atoms with E-state index >= 15 is 0 Å². The monoisotopic (exact) mass is 752 g/mol. The molecule has 0 bridgehead atoms. The summed E-state index contributed by atoms with van der Waals surface area (Å²) in [6.07, 6.45) is 0. The molecule has 59 heavy (non-hydrogen) atoms. The van der Waals surface area contributed by atoms with Crippen molar-refractivity contribution in [2.45, 2.75) is 0 Å². The van der Waals surface area contributed by atoms with Gasteiger partial charge in [-0.2, -0.15) is 0 Å². The van der Waals surface area contributed by atoms with Gasteiger partial charge in [-0.3, -0.25) is 0 Å². The summed E-state index contributed by atoms with van der Waals surface area (Å²) in [6.45, 7) is 0. The van der Waals surface area contributed by atoms with Crippen LogP contribution in [0.25, 0.3) is 111 Å². The van der Waals surface area contributed by atoms with Crippen molar-refractivity contribution in [1.29, 1.82) is 0 Å². The largest absolute Gasteiger partial charge is 0.455 e. The van der Waals surface area contributed by atoms with Crippen molar-refractivity contribution in [1.82, 2.24) is 9.97 Å². The van der Waals surface area contributed by atoms with Crippen LogP contribution in [0.4, 0.5) is 0 Å². The Morgan fingerprint density at radius 1 is 0.288 bits per heavy atom. The van der Waals surface area contributed by atoms with E-state index in [9.17, 15) is 0 Å². The van der Waals surface area contributed by atoms with E-state index in [0.29, 0.717) is 5.82 Å². The summed E-state index contributed by atoms with van der Waals surface area (Å²) in [7, 11) is 0. The number of rotatable bonds is 7. The predicted molar refractivity (Wildman–Crippen MR) is 245 cm³/mol. The number of hydrogen-bond donors (Lipinski definition) is 0. The number of furan rings is 1. The molecule has 0 radical (unpaired) electrons. The maximum absolute atomic E-state index is 6.63. The van der Waals surface area contributed by atoms with E-state index in [0.717, 1.165) is 94.5 Å². The lowest BCUT2D eigenvalue weighted by atomic mass is 9.90. The van der Waals surface area contributed by atoms with E-state index in [1.165, 1.54) is 10.8 Å². The average Bonchev–Trinajstić information content (AvgIpc) is 3.71. The van der Waals surface area contributed by atoms with Crippen LogP contribution in [0.2, 0.25) is 0 Å². The lowest BCUT2D eigenvalue weighted by Crippen LogP contribution is -1.98. The molecule has 0 aliphatic rings. The summed E-state index contributed by atoms with van der Waals surface area (Å²) in [6, 6.07) is 77.0. The van der Waals surface area contributed by atoms with Crippen LogP contribution < -0.4 is 0 Å². The van der Waals surface area contributed by atoms with Gasteiger partial charge in [0.25, 0.3) is 0 Å². The highest BCUT2D eigenvalue weighted by Crippen LogP contribution is 2.42. The number of benzene rings is 9. The fourth-order valence-electron chi connectivity index (χ4n) is 8.42. The Morgan fingerprint density at radius 2 is 0.864 bits per heavy atom. The van der Waals surface area contributed by atoms with Crippen molar-refractivity contribution in [3.63, 3.8) is 0 Å². The number of fused-ring (bicyclic) bond motifs is 4. The topological polar surface area (TPSA) is 38.9 Å². The van der Waals surface area contributed by atoms with E-state index < -0.39 is 0 Å². The molecular weight excluding hydrogens is 717 g/mol. The number of nitrogens with zero attached hydrogens (tertiary/aromatic N) is 2. The zero-order valence-electron chi connectivity index (χ0n) is 32.1. The highest BCUT2D eigenvalue weighted by molar-refractivity contribution is 6.10. The van der Waals surface area contributed by atoms with Crippen LogP contribution in [-0.2, 0) is 0 Å². The first kappa shape index (κ1) is 34.4. The van der Waals surface area contributed by atoms with E-state index in [1.807, 2.05) is 30.3 Å². The third-order valence-electron chi connectivity index (χ3n) is 11.3. The van der Waals surface area contributed by atoms with Crippen LogP contribution in [0.1, 0.15) is 0 Å². The lowest BCUT2D eigenvalue weighted by Gasteiger charge is -2.16. The van der Waals surface area contributed by atoms with Gasteiger partial charge in [0.1, 0.15) is 11.2 Å². The number of hydrogen-bond acceptors (Lipinski definition) is 3. The molecule has 0 saturated carbocycles. The first-order valence-electron chi connectivity index (χ1n) is 20.0. The van der Waals surface area contributed by atoms with Crippen LogP contribution >= 0.6 is 0 Å². The molecule has 0 fully saturated rings. The predicted octanol–water partition coefficient (Wildman–Crippen LogP) is 15.2. The fourth-order valence-corrected chi connectivity index (χ4v) is 8.42. The van der Waals surface area contributed by atoms with Crippen molar-refractivity contribution in [3.05, 3.63) is 218 Å². The quantitative estimate of drug-likeness (QED) is 0.163. The van der Waals surface area contributed by atoms with Crippen molar-refractivity contribution >= 4 is 32.7 Å². The minimum Gasteiger partial charge on any atom is -0.455 e. The molecule has 2 heterocycles. The van der Waals surface area contributed by atoms with Gasteiger partial charge in [-0.25, -0.2) is 9.97 Å². The molecule has 3 heteroatoms. The fraction of sp³-hybridized carbons (Fsp3) is 0. The third kappa shape index (κ3) is 6.36. The summed E-state index contributed by atoms with van der Waals surface area (Å²) in [5, 5.41) is 4.59. The molecule has 0 unspecified atom stereocenters. The molecule has 11 rings (SSSR count). The van der Waals surface area contributed by atoms with E-state index in [1.54, 1.807) is 0 Å². The van der Waals surface area contributed by atoms with Gasteiger partial charge in [-0.15, -0.1) is 0 Å². The van der Waals surface area contributed by atoms with Gasteiger partial charge in [0.2, 0.25) is 0 Å². The van der Waals surface area contributed by atoms with Gasteiger partial charge in [0.15, 0.2) is 5.82 Å². The molecule has 0 aliphatic carbocycles. The molecule has 0 spiro atoms. The number of aromatic nitrogens is 2. The summed E-state index contributed by atoms with van der Waals surface area (Å²) in [4.78, 5) is 10.7. The molecule has 0 amide bonds. The van der Waals surface area contributed by atoms with Crippen LogP contribution in [-0.4, -0.2) is 9.97 Å². The second-order valence-corrected chi connectivity index (χ2v) is 14.9. The Kier molecular flexibility index (Phi) is 8.49. The van der Waals surface area contributed by atoms with Crippen LogP contribution in [0, 0.1) is 0 Å². The lowest BCUT2D eigenvalue weighted by molar-refractivity contribution is 0.670. The van der Waals surface area contributed by atoms with Crippen molar-refractivity contribution in [2.24, 2.45) is 0 Å². The van der Waals surface area contributed by atoms with Gasteiger partial charge in [0, 0.05) is 33.0 Å². The molecule has 0 atom stereocenters. The summed E-state index contributed by atoms with van der Waals surface area (Å²) in [5.41, 5.74) is 15.2. The molecule has 11 aromatic rings. The van der Waals surface area contributed by atoms with E-state index in [-0.39, 0.29) is 0 Å². The van der Waals surface area contributed by atoms with Gasteiger partial charge < -0.3 is 4.42 Å². The van der Waals surface area contributed by atoms with E-state index in [4.69, 9.17) is 14.4 Å². The zero-order chi connectivity index (χ0) is 39.1. The second kappa shape index (κ2) is 14.6. The Balaban J connectivity index is 1.19. The van der Waals surface area contributed by atoms with Crippen LogP contribution in [0.3, 0.4) is 0 Å². The normalized spacial score (nSPS) is 11.4. The molecule has 0 aliphatic heterocycles.